The Labute approximate surface area is 212 Å². The van der Waals surface area contributed by atoms with Crippen molar-refractivity contribution in [1.29, 1.82) is 0 Å². The van der Waals surface area contributed by atoms with Crippen LogP contribution in [-0.2, 0) is 0 Å². The quantitative estimate of drug-likeness (QED) is 0.221. The summed E-state index contributed by atoms with van der Waals surface area (Å²) >= 11 is 0. The molecule has 0 atom stereocenters. The third-order valence-electron chi connectivity index (χ3n) is 8.73. The Kier molecular flexibility index (Phi) is 3.00. The lowest BCUT2D eigenvalue weighted by atomic mass is 9.45. The number of aryl methyl sites for hydroxylation is 1. The Bertz CT molecular complexity index is 2330. The highest BCUT2D eigenvalue weighted by Crippen LogP contribution is 2.45. The molecule has 0 spiro atoms. The minimum Gasteiger partial charge on any atom is -0.441 e. The molecule has 0 saturated carbocycles. The van der Waals surface area contributed by atoms with Crippen molar-refractivity contribution in [2.75, 3.05) is 0 Å². The average molecular weight is 470 g/mol. The molecule has 8 aromatic rings. The molecule has 0 N–H and O–H groups in total. The minimum absolute atomic E-state index is 0.0431. The highest BCUT2D eigenvalue weighted by atomic mass is 16.3. The standard InChI is InChI=1S/C33H19BN2O/c1-18-16-24-21-10-6-12-23-29-22-9-3-5-15-28(22)37-33(29)36(31(21)23)34-25-13-7-11-20-19-8-2-4-14-26(19)35(32(20)25)27(17-18)30(24)34/h2-17H,1H3. The van der Waals surface area contributed by atoms with Crippen molar-refractivity contribution >= 4 is 72.6 Å². The van der Waals surface area contributed by atoms with E-state index in [-0.39, 0.29) is 6.85 Å². The van der Waals surface area contributed by atoms with Gasteiger partial charge < -0.3 is 13.5 Å². The number of benzene rings is 5. The van der Waals surface area contributed by atoms with Gasteiger partial charge in [0.25, 0.3) is 0 Å². The maximum absolute atomic E-state index is 6.68. The van der Waals surface area contributed by atoms with Crippen LogP contribution in [0.5, 0.6) is 0 Å². The van der Waals surface area contributed by atoms with E-state index in [9.17, 15) is 0 Å². The van der Waals surface area contributed by atoms with Gasteiger partial charge in [-0.1, -0.05) is 78.9 Å². The summed E-state index contributed by atoms with van der Waals surface area (Å²) in [5.74, 6) is 0. The molecule has 0 fully saturated rings. The van der Waals surface area contributed by atoms with Crippen LogP contribution in [0.25, 0.3) is 71.6 Å². The van der Waals surface area contributed by atoms with E-state index in [1.165, 1.54) is 76.8 Å². The molecular weight excluding hydrogens is 451 g/mol. The van der Waals surface area contributed by atoms with Crippen LogP contribution in [-0.4, -0.2) is 15.9 Å². The summed E-state index contributed by atoms with van der Waals surface area (Å²) < 4.78 is 11.7. The average Bonchev–Trinajstić information content (AvgIpc) is 3.57. The summed E-state index contributed by atoms with van der Waals surface area (Å²) in [7, 11) is 0. The van der Waals surface area contributed by atoms with Crippen LogP contribution in [0, 0.1) is 6.92 Å². The smallest absolute Gasteiger partial charge is 0.336 e. The third kappa shape index (κ3) is 1.95. The summed E-state index contributed by atoms with van der Waals surface area (Å²) in [6.45, 7) is 2.27. The molecule has 0 unspecified atom stereocenters. The zero-order valence-corrected chi connectivity index (χ0v) is 20.1. The number of hydrogen-bond donors (Lipinski definition) is 0. The SMILES string of the molecule is Cc1cc2c3c(c1)-n1c4ccccc4c4cccc(c41)B3n1c3oc4ccccc4c3c3cccc-2c31. The second-order valence-electron chi connectivity index (χ2n) is 10.6. The molecule has 0 bridgehead atoms. The van der Waals surface area contributed by atoms with Gasteiger partial charge in [-0.15, -0.1) is 0 Å². The summed E-state index contributed by atoms with van der Waals surface area (Å²) in [6.07, 6.45) is 0. The van der Waals surface area contributed by atoms with Gasteiger partial charge in [0.1, 0.15) is 5.58 Å². The van der Waals surface area contributed by atoms with Crippen molar-refractivity contribution in [2.24, 2.45) is 0 Å². The second-order valence-corrected chi connectivity index (χ2v) is 10.6. The van der Waals surface area contributed by atoms with Gasteiger partial charge in [-0.25, -0.2) is 0 Å². The lowest BCUT2D eigenvalue weighted by Gasteiger charge is -2.33. The molecule has 5 aromatic carbocycles. The van der Waals surface area contributed by atoms with Crippen molar-refractivity contribution < 1.29 is 4.42 Å². The number of nitrogens with zero attached hydrogens (tertiary/aromatic N) is 2. The van der Waals surface area contributed by atoms with Crippen LogP contribution in [0.15, 0.2) is 101 Å². The van der Waals surface area contributed by atoms with Gasteiger partial charge >= 0.3 is 6.85 Å². The molecular formula is C33H19BN2O. The summed E-state index contributed by atoms with van der Waals surface area (Å²) in [4.78, 5) is 0. The van der Waals surface area contributed by atoms with Crippen LogP contribution in [0.4, 0.5) is 0 Å². The molecule has 2 aliphatic rings. The Balaban J connectivity index is 1.51. The third-order valence-corrected chi connectivity index (χ3v) is 8.73. The van der Waals surface area contributed by atoms with Crippen LogP contribution in [0.3, 0.4) is 0 Å². The van der Waals surface area contributed by atoms with E-state index in [1.807, 2.05) is 0 Å². The van der Waals surface area contributed by atoms with Gasteiger partial charge in [0.05, 0.1) is 16.4 Å². The molecule has 37 heavy (non-hydrogen) atoms. The zero-order valence-electron chi connectivity index (χ0n) is 20.1. The molecule has 0 aliphatic carbocycles. The van der Waals surface area contributed by atoms with Gasteiger partial charge in [0.2, 0.25) is 0 Å². The Hall–Kier alpha value is -4.70. The van der Waals surface area contributed by atoms with Crippen molar-refractivity contribution in [3.8, 4) is 16.8 Å². The first-order valence-corrected chi connectivity index (χ1v) is 12.9. The van der Waals surface area contributed by atoms with E-state index in [4.69, 9.17) is 4.42 Å². The Morgan fingerprint density at radius 1 is 0.676 bits per heavy atom. The number of para-hydroxylation sites is 4. The Morgan fingerprint density at radius 2 is 1.46 bits per heavy atom. The van der Waals surface area contributed by atoms with Crippen LogP contribution >= 0.6 is 0 Å². The molecule has 0 amide bonds. The Morgan fingerprint density at radius 3 is 2.41 bits per heavy atom. The number of aromatic nitrogens is 2. The summed E-state index contributed by atoms with van der Waals surface area (Å²) in [6, 6.07) is 35.6. The van der Waals surface area contributed by atoms with Gasteiger partial charge in [-0.05, 0) is 47.2 Å². The topological polar surface area (TPSA) is 23.0 Å². The van der Waals surface area contributed by atoms with E-state index in [2.05, 4.69) is 113 Å². The lowest BCUT2D eigenvalue weighted by Crippen LogP contribution is -2.55. The molecule has 0 radical (unpaired) electrons. The zero-order chi connectivity index (χ0) is 24.0. The molecule has 170 valence electrons. The van der Waals surface area contributed by atoms with Gasteiger partial charge in [0, 0.05) is 38.3 Å². The first kappa shape index (κ1) is 18.6. The van der Waals surface area contributed by atoms with Crippen molar-refractivity contribution in [1.82, 2.24) is 9.05 Å². The fourth-order valence-electron chi connectivity index (χ4n) is 7.45. The number of rotatable bonds is 0. The molecule has 5 heterocycles. The summed E-state index contributed by atoms with van der Waals surface area (Å²) in [5, 5.41) is 6.28. The summed E-state index contributed by atoms with van der Waals surface area (Å²) in [5.41, 5.74) is 13.6. The maximum atomic E-state index is 6.68. The van der Waals surface area contributed by atoms with Crippen LogP contribution in [0.1, 0.15) is 5.56 Å². The highest BCUT2D eigenvalue weighted by Gasteiger charge is 2.42. The van der Waals surface area contributed by atoms with Gasteiger partial charge in [-0.2, -0.15) is 0 Å². The molecule has 10 rings (SSSR count). The number of furan rings is 1. The van der Waals surface area contributed by atoms with Gasteiger partial charge in [0.15, 0.2) is 5.71 Å². The van der Waals surface area contributed by atoms with E-state index < -0.39 is 0 Å². The first-order chi connectivity index (χ1) is 18.3. The molecule has 4 heteroatoms. The second kappa shape index (κ2) is 5.99. The first-order valence-electron chi connectivity index (χ1n) is 12.9. The fraction of sp³-hybridized carbons (Fsp3) is 0.0303. The molecule has 0 saturated heterocycles. The van der Waals surface area contributed by atoms with Crippen molar-refractivity contribution in [2.45, 2.75) is 6.92 Å². The predicted octanol–water partition coefficient (Wildman–Crippen LogP) is 6.89. The lowest BCUT2D eigenvalue weighted by molar-refractivity contribution is 0.651. The largest absolute Gasteiger partial charge is 0.441 e. The minimum atomic E-state index is 0.0431. The normalized spacial score (nSPS) is 13.5. The number of fused-ring (bicyclic) bond motifs is 12. The van der Waals surface area contributed by atoms with Crippen LogP contribution in [0.2, 0.25) is 0 Å². The van der Waals surface area contributed by atoms with Gasteiger partial charge in [-0.3, -0.25) is 0 Å². The van der Waals surface area contributed by atoms with E-state index >= 15 is 0 Å². The predicted molar refractivity (Wildman–Crippen MR) is 154 cm³/mol. The monoisotopic (exact) mass is 470 g/mol. The van der Waals surface area contributed by atoms with E-state index in [0.717, 1.165) is 11.3 Å². The van der Waals surface area contributed by atoms with Crippen molar-refractivity contribution in [3.63, 3.8) is 0 Å². The maximum Gasteiger partial charge on any atom is 0.336 e. The molecule has 3 nitrogen and oxygen atoms in total. The van der Waals surface area contributed by atoms with E-state index in [1.54, 1.807) is 0 Å². The highest BCUT2D eigenvalue weighted by molar-refractivity contribution is 6.90. The van der Waals surface area contributed by atoms with E-state index in [0.29, 0.717) is 0 Å². The number of hydrogen-bond acceptors (Lipinski definition) is 1. The van der Waals surface area contributed by atoms with Crippen molar-refractivity contribution in [3.05, 3.63) is 103 Å². The molecule has 3 aromatic heterocycles. The van der Waals surface area contributed by atoms with Crippen LogP contribution < -0.4 is 10.9 Å². The fourth-order valence-corrected chi connectivity index (χ4v) is 7.45. The molecule has 2 aliphatic heterocycles.